The maximum absolute atomic E-state index is 12.2. The molecule has 106 valence electrons. The molecule has 1 aliphatic carbocycles. The second kappa shape index (κ2) is 6.04. The van der Waals surface area contributed by atoms with Gasteiger partial charge in [-0.15, -0.1) is 0 Å². The van der Waals surface area contributed by atoms with Crippen LogP contribution in [0, 0.1) is 0 Å². The maximum atomic E-state index is 12.2. The number of hydrogen-bond donors (Lipinski definition) is 0. The first kappa shape index (κ1) is 13.7. The summed E-state index contributed by atoms with van der Waals surface area (Å²) < 4.78 is 0.915. The molecular formula is C15H18BrN3O. The van der Waals surface area contributed by atoms with Crippen molar-refractivity contribution in [3.8, 4) is 0 Å². The van der Waals surface area contributed by atoms with Gasteiger partial charge in [-0.25, -0.2) is 5.01 Å². The van der Waals surface area contributed by atoms with Crippen LogP contribution < -0.4 is 0 Å². The van der Waals surface area contributed by atoms with Crippen LogP contribution >= 0.6 is 15.9 Å². The number of aromatic nitrogens is 1. The van der Waals surface area contributed by atoms with Crippen LogP contribution in [0.3, 0.4) is 0 Å². The highest BCUT2D eigenvalue weighted by molar-refractivity contribution is 9.10. The van der Waals surface area contributed by atoms with Crippen molar-refractivity contribution in [1.29, 1.82) is 0 Å². The summed E-state index contributed by atoms with van der Waals surface area (Å²) in [4.78, 5) is 16.4. The molecule has 3 rings (SSSR count). The van der Waals surface area contributed by atoms with Crippen LogP contribution in [0.2, 0.25) is 0 Å². The van der Waals surface area contributed by atoms with Crippen LogP contribution in [0.1, 0.15) is 50.5 Å². The third-order valence-corrected chi connectivity index (χ3v) is 4.44. The number of hydrogen-bond acceptors (Lipinski definition) is 3. The Morgan fingerprint density at radius 1 is 1.15 bits per heavy atom. The topological polar surface area (TPSA) is 45.6 Å². The third-order valence-electron chi connectivity index (χ3n) is 4.01. The number of rotatable bonds is 2. The maximum Gasteiger partial charge on any atom is 0.249 e. The third kappa shape index (κ3) is 2.92. The lowest BCUT2D eigenvalue weighted by Crippen LogP contribution is -2.32. The van der Waals surface area contributed by atoms with E-state index in [2.05, 4.69) is 26.0 Å². The van der Waals surface area contributed by atoms with Gasteiger partial charge in [0.1, 0.15) is 0 Å². The summed E-state index contributed by atoms with van der Waals surface area (Å²) in [6, 6.07) is 2.26. The van der Waals surface area contributed by atoms with Gasteiger partial charge in [0.2, 0.25) is 5.91 Å². The molecule has 0 saturated heterocycles. The summed E-state index contributed by atoms with van der Waals surface area (Å²) in [6.07, 6.45) is 11.1. The lowest BCUT2D eigenvalue weighted by Gasteiger charge is -2.22. The van der Waals surface area contributed by atoms with Gasteiger partial charge in [-0.05, 0) is 34.8 Å². The molecule has 0 unspecified atom stereocenters. The summed E-state index contributed by atoms with van der Waals surface area (Å²) in [5.74, 6) is 0.131. The van der Waals surface area contributed by atoms with Crippen molar-refractivity contribution in [2.75, 3.05) is 0 Å². The number of carbonyl (C=O) groups is 1. The highest BCUT2D eigenvalue weighted by Gasteiger charge is 2.31. The molecule has 20 heavy (non-hydrogen) atoms. The fourth-order valence-corrected chi connectivity index (χ4v) is 3.33. The Morgan fingerprint density at radius 3 is 2.60 bits per heavy atom. The standard InChI is InChI=1S/C15H18BrN3O/c16-12-7-11(9-17-10-12)14-8-15(20)19(18-14)13-5-3-1-2-4-6-13/h7,9-10,13H,1-6,8H2. The molecule has 0 atom stereocenters. The van der Waals surface area contributed by atoms with Crippen molar-refractivity contribution in [1.82, 2.24) is 9.99 Å². The summed E-state index contributed by atoms with van der Waals surface area (Å²) in [5.41, 5.74) is 1.77. The van der Waals surface area contributed by atoms with E-state index >= 15 is 0 Å². The van der Waals surface area contributed by atoms with Crippen LogP contribution in [0.15, 0.2) is 28.0 Å². The van der Waals surface area contributed by atoms with E-state index in [1.54, 1.807) is 17.4 Å². The van der Waals surface area contributed by atoms with Crippen molar-refractivity contribution in [3.63, 3.8) is 0 Å². The Labute approximate surface area is 127 Å². The lowest BCUT2D eigenvalue weighted by molar-refractivity contribution is -0.131. The molecule has 1 fully saturated rings. The highest BCUT2D eigenvalue weighted by Crippen LogP contribution is 2.26. The Morgan fingerprint density at radius 2 is 1.90 bits per heavy atom. The molecule has 0 radical (unpaired) electrons. The predicted molar refractivity (Wildman–Crippen MR) is 81.4 cm³/mol. The first-order valence-corrected chi connectivity index (χ1v) is 8.04. The zero-order chi connectivity index (χ0) is 13.9. The average Bonchev–Trinajstić information content (AvgIpc) is 2.66. The Kier molecular flexibility index (Phi) is 4.15. The molecule has 2 aliphatic rings. The second-order valence-electron chi connectivity index (χ2n) is 5.50. The second-order valence-corrected chi connectivity index (χ2v) is 6.41. The van der Waals surface area contributed by atoms with E-state index in [1.807, 2.05) is 6.07 Å². The van der Waals surface area contributed by atoms with Gasteiger partial charge in [0.05, 0.1) is 18.2 Å². The number of pyridine rings is 1. The van der Waals surface area contributed by atoms with Gasteiger partial charge in [0.25, 0.3) is 0 Å². The van der Waals surface area contributed by atoms with Gasteiger partial charge < -0.3 is 0 Å². The van der Waals surface area contributed by atoms with E-state index in [4.69, 9.17) is 0 Å². The van der Waals surface area contributed by atoms with Crippen molar-refractivity contribution in [3.05, 3.63) is 28.5 Å². The zero-order valence-corrected chi connectivity index (χ0v) is 13.0. The molecule has 1 aromatic rings. The molecule has 2 heterocycles. The number of hydrazone groups is 1. The molecule has 4 nitrogen and oxygen atoms in total. The van der Waals surface area contributed by atoms with Crippen LogP contribution in [-0.2, 0) is 4.79 Å². The number of halogens is 1. The minimum atomic E-state index is 0.131. The van der Waals surface area contributed by atoms with E-state index in [1.165, 1.54) is 25.7 Å². The van der Waals surface area contributed by atoms with Crippen molar-refractivity contribution in [2.24, 2.45) is 5.10 Å². The largest absolute Gasteiger partial charge is 0.273 e. The van der Waals surface area contributed by atoms with E-state index in [0.29, 0.717) is 12.5 Å². The van der Waals surface area contributed by atoms with Crippen LogP contribution in [0.5, 0.6) is 0 Å². The van der Waals surface area contributed by atoms with Gasteiger partial charge in [0, 0.05) is 22.4 Å². The fourth-order valence-electron chi connectivity index (χ4n) is 2.96. The molecule has 0 bridgehead atoms. The molecule has 1 aromatic heterocycles. The smallest absolute Gasteiger partial charge is 0.249 e. The van der Waals surface area contributed by atoms with Crippen LogP contribution in [0.4, 0.5) is 0 Å². The quantitative estimate of drug-likeness (QED) is 0.776. The van der Waals surface area contributed by atoms with Crippen LogP contribution in [0.25, 0.3) is 0 Å². The van der Waals surface area contributed by atoms with Gasteiger partial charge in [-0.2, -0.15) is 5.10 Å². The molecule has 1 saturated carbocycles. The molecule has 1 amide bonds. The summed E-state index contributed by atoms with van der Waals surface area (Å²) in [6.45, 7) is 0. The van der Waals surface area contributed by atoms with E-state index < -0.39 is 0 Å². The highest BCUT2D eigenvalue weighted by atomic mass is 79.9. The Bertz CT molecular complexity index is 536. The monoisotopic (exact) mass is 335 g/mol. The van der Waals surface area contributed by atoms with Crippen LogP contribution in [-0.4, -0.2) is 27.7 Å². The van der Waals surface area contributed by atoms with Gasteiger partial charge in [-0.1, -0.05) is 25.7 Å². The minimum Gasteiger partial charge on any atom is -0.273 e. The first-order chi connectivity index (χ1) is 9.74. The molecule has 1 aliphatic heterocycles. The predicted octanol–water partition coefficient (Wildman–Crippen LogP) is 3.50. The van der Waals surface area contributed by atoms with Crippen molar-refractivity contribution in [2.45, 2.75) is 51.0 Å². The van der Waals surface area contributed by atoms with E-state index in [-0.39, 0.29) is 5.91 Å². The Balaban J connectivity index is 1.81. The number of carbonyl (C=O) groups excluding carboxylic acids is 1. The van der Waals surface area contributed by atoms with Gasteiger partial charge >= 0.3 is 0 Å². The molecule has 0 spiro atoms. The molecule has 0 N–H and O–H groups in total. The van der Waals surface area contributed by atoms with Crippen molar-refractivity contribution < 1.29 is 4.79 Å². The fraction of sp³-hybridized carbons (Fsp3) is 0.533. The Hall–Kier alpha value is -1.23. The molecule has 5 heteroatoms. The van der Waals surface area contributed by atoms with E-state index in [0.717, 1.165) is 28.6 Å². The minimum absolute atomic E-state index is 0.131. The SMILES string of the molecule is O=C1CC(c2cncc(Br)c2)=NN1C1CCCCCC1. The number of amides is 1. The van der Waals surface area contributed by atoms with Gasteiger partial charge in [-0.3, -0.25) is 9.78 Å². The summed E-state index contributed by atoms with van der Waals surface area (Å²) in [7, 11) is 0. The average molecular weight is 336 g/mol. The first-order valence-electron chi connectivity index (χ1n) is 7.24. The normalized spacial score (nSPS) is 20.9. The lowest BCUT2D eigenvalue weighted by atomic mass is 10.1. The van der Waals surface area contributed by atoms with Crippen molar-refractivity contribution >= 4 is 27.5 Å². The summed E-state index contributed by atoms with van der Waals surface area (Å²) in [5, 5.41) is 6.32. The molecule has 0 aromatic carbocycles. The molecular weight excluding hydrogens is 318 g/mol. The van der Waals surface area contributed by atoms with E-state index in [9.17, 15) is 4.79 Å². The zero-order valence-electron chi connectivity index (χ0n) is 11.4. The summed E-state index contributed by atoms with van der Waals surface area (Å²) >= 11 is 3.41. The van der Waals surface area contributed by atoms with Gasteiger partial charge in [0.15, 0.2) is 0 Å². The number of nitrogens with zero attached hydrogens (tertiary/aromatic N) is 3.